The summed E-state index contributed by atoms with van der Waals surface area (Å²) in [7, 11) is 1.57. The van der Waals surface area contributed by atoms with E-state index in [2.05, 4.69) is 12.2 Å². The van der Waals surface area contributed by atoms with Crippen LogP contribution in [0.2, 0.25) is 0 Å². The van der Waals surface area contributed by atoms with Gasteiger partial charge in [0.15, 0.2) is 0 Å². The van der Waals surface area contributed by atoms with Crippen LogP contribution in [0, 0.1) is 5.92 Å². The second-order valence-electron chi connectivity index (χ2n) is 13.3. The first-order chi connectivity index (χ1) is 22.8. The van der Waals surface area contributed by atoms with Crippen LogP contribution in [0.1, 0.15) is 94.2 Å². The van der Waals surface area contributed by atoms with Gasteiger partial charge in [-0.3, -0.25) is 19.2 Å². The number of carboxylic acid groups (broad SMARTS) is 1. The molecule has 3 rings (SSSR count). The maximum Gasteiger partial charge on any atom is 0.305 e. The maximum atomic E-state index is 14.1. The third-order valence-electron chi connectivity index (χ3n) is 8.65. The number of unbranched alkanes of at least 4 members (excludes halogenated alkanes) is 1. The molecule has 48 heavy (non-hydrogen) atoms. The Kier molecular flexibility index (Phi) is 14.1. The first-order valence-electron chi connectivity index (χ1n) is 16.8. The van der Waals surface area contributed by atoms with Crippen molar-refractivity contribution in [3.8, 4) is 0 Å². The van der Waals surface area contributed by atoms with Gasteiger partial charge in [-0.2, -0.15) is 0 Å². The lowest BCUT2D eigenvalue weighted by Crippen LogP contribution is -2.59. The van der Waals surface area contributed by atoms with E-state index in [9.17, 15) is 24.3 Å². The molecule has 0 saturated carbocycles. The van der Waals surface area contributed by atoms with E-state index in [-0.39, 0.29) is 18.9 Å². The first kappa shape index (κ1) is 37.7. The SMILES string of the molecule is CCCCc1ccc(C(CC(=O)O)NC(=O)C(CC(C)C)N(C)C(=O)C(C)(C)N(C=O)Cc2ccc(/C=C/c3ccccc3)cc2)cc1. The van der Waals surface area contributed by atoms with Crippen LogP contribution in [-0.2, 0) is 32.1 Å². The summed E-state index contributed by atoms with van der Waals surface area (Å²) in [6, 6.07) is 23.8. The Morgan fingerprint density at radius 2 is 1.46 bits per heavy atom. The molecule has 8 heteroatoms. The van der Waals surface area contributed by atoms with E-state index in [1.807, 2.05) is 105 Å². The fraction of sp³-hybridized carbons (Fsp3) is 0.400. The van der Waals surface area contributed by atoms with Gasteiger partial charge in [0.05, 0.1) is 12.5 Å². The molecule has 0 radical (unpaired) electrons. The van der Waals surface area contributed by atoms with Crippen molar-refractivity contribution in [3.63, 3.8) is 0 Å². The minimum atomic E-state index is -1.27. The third kappa shape index (κ3) is 10.9. The lowest BCUT2D eigenvalue weighted by atomic mass is 9.95. The summed E-state index contributed by atoms with van der Waals surface area (Å²) in [5.41, 5.74) is 3.53. The molecule has 3 aromatic rings. The van der Waals surface area contributed by atoms with E-state index in [1.54, 1.807) is 20.9 Å². The second kappa shape index (κ2) is 18.0. The molecular weight excluding hydrogens is 602 g/mol. The smallest absolute Gasteiger partial charge is 0.305 e. The van der Waals surface area contributed by atoms with Gasteiger partial charge in [0.2, 0.25) is 18.2 Å². The van der Waals surface area contributed by atoms with Gasteiger partial charge in [0.1, 0.15) is 11.6 Å². The largest absolute Gasteiger partial charge is 0.481 e. The quantitative estimate of drug-likeness (QED) is 0.112. The molecule has 3 amide bonds. The Morgan fingerprint density at radius 1 is 0.875 bits per heavy atom. The Labute approximate surface area is 285 Å². The maximum absolute atomic E-state index is 14.1. The van der Waals surface area contributed by atoms with Crippen molar-refractivity contribution in [2.75, 3.05) is 7.05 Å². The minimum Gasteiger partial charge on any atom is -0.481 e. The summed E-state index contributed by atoms with van der Waals surface area (Å²) in [5.74, 6) is -1.81. The highest BCUT2D eigenvalue weighted by atomic mass is 16.4. The fourth-order valence-corrected chi connectivity index (χ4v) is 5.63. The number of carbonyl (C=O) groups is 4. The van der Waals surface area contributed by atoms with E-state index >= 15 is 0 Å². The van der Waals surface area contributed by atoms with Crippen LogP contribution in [0.4, 0.5) is 0 Å². The second-order valence-corrected chi connectivity index (χ2v) is 13.3. The van der Waals surface area contributed by atoms with E-state index in [0.717, 1.165) is 41.5 Å². The molecule has 8 nitrogen and oxygen atoms in total. The van der Waals surface area contributed by atoms with Gasteiger partial charge in [-0.15, -0.1) is 0 Å². The average molecular weight is 654 g/mol. The molecule has 0 aliphatic carbocycles. The van der Waals surface area contributed by atoms with Crippen LogP contribution in [0.25, 0.3) is 12.2 Å². The number of hydrogen-bond acceptors (Lipinski definition) is 4. The number of benzene rings is 3. The van der Waals surface area contributed by atoms with Crippen LogP contribution >= 0.6 is 0 Å². The van der Waals surface area contributed by atoms with Gasteiger partial charge in [-0.25, -0.2) is 0 Å². The van der Waals surface area contributed by atoms with Crippen molar-refractivity contribution in [1.29, 1.82) is 0 Å². The van der Waals surface area contributed by atoms with Crippen LogP contribution in [0.3, 0.4) is 0 Å². The molecular formula is C40H51N3O5. The number of likely N-dealkylation sites (N-methyl/N-ethyl adjacent to an activating group) is 1. The molecule has 0 heterocycles. The van der Waals surface area contributed by atoms with Gasteiger partial charge < -0.3 is 20.2 Å². The highest BCUT2D eigenvalue weighted by molar-refractivity contribution is 5.92. The fourth-order valence-electron chi connectivity index (χ4n) is 5.63. The van der Waals surface area contributed by atoms with Crippen LogP contribution in [-0.4, -0.2) is 57.7 Å². The van der Waals surface area contributed by atoms with E-state index in [4.69, 9.17) is 0 Å². The van der Waals surface area contributed by atoms with Crippen LogP contribution in [0.5, 0.6) is 0 Å². The predicted molar refractivity (Wildman–Crippen MR) is 192 cm³/mol. The Morgan fingerprint density at radius 3 is 2.00 bits per heavy atom. The lowest BCUT2D eigenvalue weighted by Gasteiger charge is -2.40. The zero-order chi connectivity index (χ0) is 35.3. The molecule has 0 aliphatic heterocycles. The number of nitrogens with zero attached hydrogens (tertiary/aromatic N) is 2. The van der Waals surface area contributed by atoms with Crippen molar-refractivity contribution >= 4 is 36.3 Å². The normalized spacial score (nSPS) is 12.8. The molecule has 2 atom stereocenters. The highest BCUT2D eigenvalue weighted by Gasteiger charge is 2.40. The van der Waals surface area contributed by atoms with Gasteiger partial charge in [0.25, 0.3) is 0 Å². The number of hydrogen-bond donors (Lipinski definition) is 2. The van der Waals surface area contributed by atoms with E-state index in [1.165, 1.54) is 9.80 Å². The molecule has 0 bridgehead atoms. The number of carbonyl (C=O) groups excluding carboxylic acids is 3. The van der Waals surface area contributed by atoms with Crippen molar-refractivity contribution in [2.24, 2.45) is 5.92 Å². The molecule has 0 aromatic heterocycles. The molecule has 3 aromatic carbocycles. The predicted octanol–water partition coefficient (Wildman–Crippen LogP) is 7.14. The van der Waals surface area contributed by atoms with Gasteiger partial charge in [-0.05, 0) is 66.8 Å². The van der Waals surface area contributed by atoms with Crippen LogP contribution < -0.4 is 5.32 Å². The van der Waals surface area contributed by atoms with Crippen molar-refractivity contribution in [3.05, 3.63) is 107 Å². The molecule has 2 unspecified atom stereocenters. The monoisotopic (exact) mass is 653 g/mol. The molecule has 0 fully saturated rings. The molecule has 0 saturated heterocycles. The third-order valence-corrected chi connectivity index (χ3v) is 8.65. The summed E-state index contributed by atoms with van der Waals surface area (Å²) < 4.78 is 0. The van der Waals surface area contributed by atoms with Gasteiger partial charge in [0, 0.05) is 13.6 Å². The van der Waals surface area contributed by atoms with Crippen LogP contribution in [0.15, 0.2) is 78.9 Å². The van der Waals surface area contributed by atoms with Crippen molar-refractivity contribution < 1.29 is 24.3 Å². The van der Waals surface area contributed by atoms with Gasteiger partial charge in [-0.1, -0.05) is 118 Å². The number of aliphatic carboxylic acids is 1. The highest BCUT2D eigenvalue weighted by Crippen LogP contribution is 2.24. The topological polar surface area (TPSA) is 107 Å². The summed E-state index contributed by atoms with van der Waals surface area (Å²) in [4.78, 5) is 54.9. The number of rotatable bonds is 18. The summed E-state index contributed by atoms with van der Waals surface area (Å²) in [6.07, 6.45) is 7.84. The molecule has 2 N–H and O–H groups in total. The zero-order valence-corrected chi connectivity index (χ0v) is 29.2. The Balaban J connectivity index is 1.76. The Hall–Kier alpha value is -4.72. The number of aryl methyl sites for hydroxylation is 1. The molecule has 0 aliphatic rings. The van der Waals surface area contributed by atoms with E-state index in [0.29, 0.717) is 18.4 Å². The van der Waals surface area contributed by atoms with E-state index < -0.39 is 35.4 Å². The molecule has 256 valence electrons. The first-order valence-corrected chi connectivity index (χ1v) is 16.8. The summed E-state index contributed by atoms with van der Waals surface area (Å²) in [5, 5.41) is 12.6. The lowest BCUT2D eigenvalue weighted by molar-refractivity contribution is -0.151. The van der Waals surface area contributed by atoms with Crippen molar-refractivity contribution in [1.82, 2.24) is 15.1 Å². The summed E-state index contributed by atoms with van der Waals surface area (Å²) >= 11 is 0. The van der Waals surface area contributed by atoms with Crippen molar-refractivity contribution in [2.45, 2.75) is 90.9 Å². The number of carboxylic acids is 1. The average Bonchev–Trinajstić information content (AvgIpc) is 3.07. The molecule has 0 spiro atoms. The standard InChI is InChI=1S/C40H51N3O5/c1-7-8-12-31-21-23-34(24-22-31)35(26-37(45)46)41-38(47)36(25-29(2)3)42(6)39(48)40(4,5)43(28-44)27-33-19-17-32(18-20-33)16-15-30-13-10-9-11-14-30/h9-11,13-24,28-29,35-36H,7-8,12,25-27H2,1-6H3,(H,41,47)(H,45,46)/b16-15+. The zero-order valence-electron chi connectivity index (χ0n) is 29.2. The number of nitrogens with one attached hydrogen (secondary N) is 1. The Bertz CT molecular complexity index is 1510. The summed E-state index contributed by atoms with van der Waals surface area (Å²) in [6.45, 7) is 9.61. The van der Waals surface area contributed by atoms with Gasteiger partial charge >= 0.3 is 5.97 Å². The minimum absolute atomic E-state index is 0.0616. The number of amides is 3.